The predicted octanol–water partition coefficient (Wildman–Crippen LogP) is 2.82. The highest BCUT2D eigenvalue weighted by atomic mass is 19.1. The van der Waals surface area contributed by atoms with Gasteiger partial charge in [-0.1, -0.05) is 13.8 Å². The lowest BCUT2D eigenvalue weighted by molar-refractivity contribution is 0.0933. The quantitative estimate of drug-likeness (QED) is 0.637. The molecule has 0 saturated carbocycles. The molecule has 1 aliphatic rings. The highest BCUT2D eigenvalue weighted by Gasteiger charge is 2.18. The maximum Gasteiger partial charge on any atom is 0.170 e. The molecule has 2 nitrogen and oxygen atoms in total. The molecule has 0 unspecified atom stereocenters. The Balaban J connectivity index is 0.000000461. The molecule has 1 aromatic carbocycles. The lowest BCUT2D eigenvalue weighted by atomic mass is 10.1. The van der Waals surface area contributed by atoms with Crippen LogP contribution in [0.3, 0.4) is 0 Å². The van der Waals surface area contributed by atoms with Gasteiger partial charge in [0, 0.05) is 6.42 Å². The molecule has 1 aromatic rings. The molecular formula is C11H13FO2. The number of carbonyl (C=O) groups is 1. The summed E-state index contributed by atoms with van der Waals surface area (Å²) in [6, 6.07) is 4.00. The van der Waals surface area contributed by atoms with Gasteiger partial charge in [0.25, 0.3) is 0 Å². The number of benzene rings is 1. The van der Waals surface area contributed by atoms with Crippen LogP contribution in [0.4, 0.5) is 4.39 Å². The predicted molar refractivity (Wildman–Crippen MR) is 52.2 cm³/mol. The number of rotatable bonds is 0. The number of carbonyl (C=O) groups excluding carboxylic acids is 1. The largest absolute Gasteiger partial charge is 0.492 e. The second kappa shape index (κ2) is 4.74. The smallest absolute Gasteiger partial charge is 0.170 e. The summed E-state index contributed by atoms with van der Waals surface area (Å²) in [6.07, 6.45) is 0.344. The molecule has 3 heteroatoms. The van der Waals surface area contributed by atoms with Crippen LogP contribution in [0.25, 0.3) is 0 Å². The summed E-state index contributed by atoms with van der Waals surface area (Å²) in [5.74, 6) is 0.0519. The van der Waals surface area contributed by atoms with E-state index in [4.69, 9.17) is 4.74 Å². The molecule has 0 radical (unpaired) electrons. The standard InChI is InChI=1S/C9H7FO2.C2H6/c10-6-1-2-9-7(5-6)8(11)3-4-12-9;1-2/h1-2,5H,3-4H2;1-2H3. The van der Waals surface area contributed by atoms with Gasteiger partial charge in [-0.25, -0.2) is 4.39 Å². The monoisotopic (exact) mass is 196 g/mol. The normalized spacial score (nSPS) is 13.5. The summed E-state index contributed by atoms with van der Waals surface area (Å²) in [5, 5.41) is 0. The number of halogens is 1. The van der Waals surface area contributed by atoms with Gasteiger partial charge in [0.2, 0.25) is 0 Å². The molecule has 0 fully saturated rings. The van der Waals surface area contributed by atoms with Crippen molar-refractivity contribution in [1.82, 2.24) is 0 Å². The number of Topliss-reactive ketones (excluding diaryl/α,β-unsaturated/α-hetero) is 1. The molecule has 0 bridgehead atoms. The molecule has 76 valence electrons. The summed E-state index contributed by atoms with van der Waals surface area (Å²) in [6.45, 7) is 4.40. The fourth-order valence-corrected chi connectivity index (χ4v) is 1.23. The van der Waals surface area contributed by atoms with Crippen LogP contribution in [0.2, 0.25) is 0 Å². The molecule has 0 saturated heterocycles. The first kappa shape index (κ1) is 10.7. The van der Waals surface area contributed by atoms with Crippen LogP contribution in [-0.4, -0.2) is 12.4 Å². The van der Waals surface area contributed by atoms with Gasteiger partial charge in [-0.3, -0.25) is 4.79 Å². The fraction of sp³-hybridized carbons (Fsp3) is 0.364. The zero-order valence-electron chi connectivity index (χ0n) is 8.34. The summed E-state index contributed by atoms with van der Waals surface area (Å²) in [7, 11) is 0. The Morgan fingerprint density at radius 2 is 2.07 bits per heavy atom. The molecule has 0 amide bonds. The minimum atomic E-state index is -0.396. The van der Waals surface area contributed by atoms with Crippen LogP contribution >= 0.6 is 0 Å². The third-order valence-corrected chi connectivity index (χ3v) is 1.83. The van der Waals surface area contributed by atoms with Crippen molar-refractivity contribution in [2.24, 2.45) is 0 Å². The van der Waals surface area contributed by atoms with Crippen molar-refractivity contribution >= 4 is 5.78 Å². The highest BCUT2D eigenvalue weighted by molar-refractivity contribution is 5.99. The Labute approximate surface area is 82.7 Å². The summed E-state index contributed by atoms with van der Waals surface area (Å²) in [5.41, 5.74) is 0.362. The molecule has 14 heavy (non-hydrogen) atoms. The molecule has 0 aliphatic carbocycles. The molecule has 0 aromatic heterocycles. The van der Waals surface area contributed by atoms with Gasteiger partial charge < -0.3 is 4.74 Å². The maximum atomic E-state index is 12.7. The van der Waals surface area contributed by atoms with Crippen molar-refractivity contribution in [3.63, 3.8) is 0 Å². The summed E-state index contributed by atoms with van der Waals surface area (Å²) in [4.78, 5) is 11.2. The van der Waals surface area contributed by atoms with Crippen molar-refractivity contribution < 1.29 is 13.9 Å². The first-order valence-corrected chi connectivity index (χ1v) is 4.73. The van der Waals surface area contributed by atoms with Crippen LogP contribution in [0.5, 0.6) is 5.75 Å². The maximum absolute atomic E-state index is 12.7. The molecule has 0 N–H and O–H groups in total. The average molecular weight is 196 g/mol. The van der Waals surface area contributed by atoms with E-state index in [0.29, 0.717) is 24.3 Å². The van der Waals surface area contributed by atoms with Crippen molar-refractivity contribution in [3.05, 3.63) is 29.6 Å². The second-order valence-corrected chi connectivity index (χ2v) is 2.66. The van der Waals surface area contributed by atoms with Crippen molar-refractivity contribution in [2.75, 3.05) is 6.61 Å². The third-order valence-electron chi connectivity index (χ3n) is 1.83. The molecule has 1 aliphatic heterocycles. The van der Waals surface area contributed by atoms with E-state index in [2.05, 4.69) is 0 Å². The fourth-order valence-electron chi connectivity index (χ4n) is 1.23. The minimum Gasteiger partial charge on any atom is -0.492 e. The minimum absolute atomic E-state index is 0.0456. The van der Waals surface area contributed by atoms with Gasteiger partial charge >= 0.3 is 0 Å². The Kier molecular flexibility index (Phi) is 3.63. The van der Waals surface area contributed by atoms with Gasteiger partial charge in [-0.2, -0.15) is 0 Å². The van der Waals surface area contributed by atoms with Gasteiger partial charge in [-0.15, -0.1) is 0 Å². The van der Waals surface area contributed by atoms with Crippen molar-refractivity contribution in [1.29, 1.82) is 0 Å². The van der Waals surface area contributed by atoms with Crippen LogP contribution in [-0.2, 0) is 0 Å². The topological polar surface area (TPSA) is 26.3 Å². The van der Waals surface area contributed by atoms with E-state index in [1.54, 1.807) is 0 Å². The lowest BCUT2D eigenvalue weighted by Crippen LogP contribution is -2.15. The number of fused-ring (bicyclic) bond motifs is 1. The number of ketones is 1. The highest BCUT2D eigenvalue weighted by Crippen LogP contribution is 2.24. The van der Waals surface area contributed by atoms with Crippen molar-refractivity contribution in [3.8, 4) is 5.75 Å². The Hall–Kier alpha value is -1.38. The molecule has 0 spiro atoms. The van der Waals surface area contributed by atoms with E-state index in [-0.39, 0.29) is 5.78 Å². The second-order valence-electron chi connectivity index (χ2n) is 2.66. The zero-order chi connectivity index (χ0) is 10.6. The van der Waals surface area contributed by atoms with E-state index in [1.807, 2.05) is 13.8 Å². The lowest BCUT2D eigenvalue weighted by Gasteiger charge is -2.15. The molecular weight excluding hydrogens is 183 g/mol. The van der Waals surface area contributed by atoms with Crippen molar-refractivity contribution in [2.45, 2.75) is 20.3 Å². The van der Waals surface area contributed by atoms with Gasteiger partial charge in [0.1, 0.15) is 11.6 Å². The first-order chi connectivity index (χ1) is 6.77. The third kappa shape index (κ3) is 2.10. The van der Waals surface area contributed by atoms with E-state index in [0.717, 1.165) is 0 Å². The number of hydrogen-bond acceptors (Lipinski definition) is 2. The van der Waals surface area contributed by atoms with Crippen LogP contribution in [0, 0.1) is 5.82 Å². The zero-order valence-corrected chi connectivity index (χ0v) is 8.34. The van der Waals surface area contributed by atoms with E-state index in [1.165, 1.54) is 18.2 Å². The molecule has 0 atom stereocenters. The SMILES string of the molecule is CC.O=C1CCOc2ccc(F)cc21. The van der Waals surface area contributed by atoms with E-state index in [9.17, 15) is 9.18 Å². The molecule has 1 heterocycles. The Morgan fingerprint density at radius 1 is 1.36 bits per heavy atom. The Morgan fingerprint density at radius 3 is 2.79 bits per heavy atom. The average Bonchev–Trinajstić information content (AvgIpc) is 2.22. The summed E-state index contributed by atoms with van der Waals surface area (Å²) < 4.78 is 17.8. The Bertz CT molecular complexity index is 334. The van der Waals surface area contributed by atoms with Gasteiger partial charge in [0.15, 0.2) is 5.78 Å². The molecule has 2 rings (SSSR count). The van der Waals surface area contributed by atoms with Crippen LogP contribution in [0.1, 0.15) is 30.6 Å². The van der Waals surface area contributed by atoms with E-state index >= 15 is 0 Å². The summed E-state index contributed by atoms with van der Waals surface area (Å²) >= 11 is 0. The number of ether oxygens (including phenoxy) is 1. The van der Waals surface area contributed by atoms with E-state index < -0.39 is 5.82 Å². The van der Waals surface area contributed by atoms with Gasteiger partial charge in [0.05, 0.1) is 12.2 Å². The van der Waals surface area contributed by atoms with Crippen LogP contribution in [0.15, 0.2) is 18.2 Å². The number of hydrogen-bond donors (Lipinski definition) is 0. The van der Waals surface area contributed by atoms with Crippen LogP contribution < -0.4 is 4.74 Å². The first-order valence-electron chi connectivity index (χ1n) is 4.73. The van der Waals surface area contributed by atoms with Gasteiger partial charge in [-0.05, 0) is 18.2 Å².